The second-order valence-electron chi connectivity index (χ2n) is 5.55. The van der Waals surface area contributed by atoms with Gasteiger partial charge in [0.25, 0.3) is 0 Å². The van der Waals surface area contributed by atoms with Crippen LogP contribution in [0.5, 0.6) is 0 Å². The van der Waals surface area contributed by atoms with Crippen LogP contribution in [0, 0.1) is 5.92 Å². The fourth-order valence-corrected chi connectivity index (χ4v) is 5.20. The van der Waals surface area contributed by atoms with Gasteiger partial charge in [-0.3, -0.25) is 0 Å². The van der Waals surface area contributed by atoms with Crippen molar-refractivity contribution in [3.63, 3.8) is 0 Å². The molecule has 0 spiro atoms. The molecule has 0 saturated heterocycles. The number of allylic oxidation sites excluding steroid dienone is 4. The quantitative estimate of drug-likeness (QED) is 0.460. The molecule has 4 heteroatoms. The minimum Gasteiger partial charge on any atom is -0.373 e. The van der Waals surface area contributed by atoms with Crippen molar-refractivity contribution in [2.45, 2.75) is 58.9 Å². The van der Waals surface area contributed by atoms with Crippen LogP contribution in [0.15, 0.2) is 24.3 Å². The molecule has 0 atom stereocenters. The van der Waals surface area contributed by atoms with Crippen molar-refractivity contribution < 1.29 is 13.3 Å². The maximum Gasteiger partial charge on any atom is 0.500 e. The maximum absolute atomic E-state index is 6.11. The van der Waals surface area contributed by atoms with Gasteiger partial charge >= 0.3 is 8.80 Å². The molecule has 21 heavy (non-hydrogen) atoms. The topological polar surface area (TPSA) is 27.7 Å². The first-order valence-corrected chi connectivity index (χ1v) is 10.5. The number of hydrogen-bond donors (Lipinski definition) is 0. The fourth-order valence-electron chi connectivity index (χ4n) is 2.34. The van der Waals surface area contributed by atoms with Crippen molar-refractivity contribution >= 4 is 8.80 Å². The molecule has 1 rings (SSSR count). The van der Waals surface area contributed by atoms with E-state index in [1.54, 1.807) is 0 Å². The predicted molar refractivity (Wildman–Crippen MR) is 90.3 cm³/mol. The largest absolute Gasteiger partial charge is 0.500 e. The molecule has 0 aromatic heterocycles. The van der Waals surface area contributed by atoms with Gasteiger partial charge in [-0.15, -0.1) is 0 Å². The Labute approximate surface area is 131 Å². The Morgan fingerprint density at radius 3 is 1.71 bits per heavy atom. The van der Waals surface area contributed by atoms with E-state index in [1.807, 2.05) is 0 Å². The van der Waals surface area contributed by atoms with Crippen molar-refractivity contribution in [3.05, 3.63) is 24.3 Å². The Kier molecular flexibility index (Phi) is 9.92. The molecular weight excluding hydrogens is 280 g/mol. The lowest BCUT2D eigenvalue weighted by Gasteiger charge is -2.30. The van der Waals surface area contributed by atoms with Crippen LogP contribution in [0.4, 0.5) is 0 Å². The molecule has 0 aromatic carbocycles. The van der Waals surface area contributed by atoms with E-state index in [9.17, 15) is 0 Å². The van der Waals surface area contributed by atoms with E-state index in [1.165, 1.54) is 0 Å². The van der Waals surface area contributed by atoms with Crippen molar-refractivity contribution in [2.75, 3.05) is 19.8 Å². The normalized spacial score (nSPS) is 15.2. The van der Waals surface area contributed by atoms with Gasteiger partial charge in [-0.25, -0.2) is 0 Å². The van der Waals surface area contributed by atoms with Crippen LogP contribution < -0.4 is 0 Å². The molecular formula is C17H32O3Si. The van der Waals surface area contributed by atoms with Gasteiger partial charge in [-0.2, -0.15) is 0 Å². The molecule has 0 aliphatic heterocycles. The molecule has 1 aliphatic rings. The third-order valence-corrected chi connectivity index (χ3v) is 6.32. The van der Waals surface area contributed by atoms with E-state index in [2.05, 4.69) is 45.1 Å². The second-order valence-corrected chi connectivity index (χ2v) is 8.29. The Morgan fingerprint density at radius 2 is 1.29 bits per heavy atom. The van der Waals surface area contributed by atoms with Gasteiger partial charge < -0.3 is 13.3 Å². The molecule has 3 nitrogen and oxygen atoms in total. The number of hydrogen-bond acceptors (Lipinski definition) is 3. The van der Waals surface area contributed by atoms with Crippen LogP contribution in [0.1, 0.15) is 52.9 Å². The molecule has 0 heterocycles. The van der Waals surface area contributed by atoms with E-state index in [0.29, 0.717) is 5.92 Å². The Hall–Kier alpha value is -0.423. The summed E-state index contributed by atoms with van der Waals surface area (Å²) in [5, 5.41) is 0. The second kappa shape index (κ2) is 11.2. The highest BCUT2D eigenvalue weighted by atomic mass is 28.4. The zero-order chi connectivity index (χ0) is 15.4. The standard InChI is InChI=1S/C17H32O3Si/c1-4-13-18-21(19-14-5-2,20-15-6-3)16-9-12-17-10-7-8-11-17/h7-8,10-11,17H,4-6,9,12-16H2,1-3H3. The highest BCUT2D eigenvalue weighted by Gasteiger charge is 2.40. The van der Waals surface area contributed by atoms with Crippen LogP contribution in [0.2, 0.25) is 6.04 Å². The summed E-state index contributed by atoms with van der Waals surface area (Å²) in [6.07, 6.45) is 14.1. The first kappa shape index (κ1) is 18.6. The lowest BCUT2D eigenvalue weighted by molar-refractivity contribution is 0.0585. The number of rotatable bonds is 13. The molecule has 0 radical (unpaired) electrons. The Bertz CT molecular complexity index is 281. The van der Waals surface area contributed by atoms with Crippen LogP contribution in [-0.4, -0.2) is 28.6 Å². The molecule has 0 bridgehead atoms. The van der Waals surface area contributed by atoms with E-state index in [-0.39, 0.29) is 0 Å². The van der Waals surface area contributed by atoms with Crippen LogP contribution in [0.25, 0.3) is 0 Å². The third-order valence-electron chi connectivity index (χ3n) is 3.43. The molecule has 0 N–H and O–H groups in total. The van der Waals surface area contributed by atoms with E-state index in [0.717, 1.165) is 58.0 Å². The van der Waals surface area contributed by atoms with Gasteiger partial charge in [-0.1, -0.05) is 45.1 Å². The average molecular weight is 313 g/mol. The maximum atomic E-state index is 6.11. The van der Waals surface area contributed by atoms with Crippen LogP contribution >= 0.6 is 0 Å². The summed E-state index contributed by atoms with van der Waals surface area (Å²) < 4.78 is 18.3. The highest BCUT2D eigenvalue weighted by Crippen LogP contribution is 2.24. The summed E-state index contributed by atoms with van der Waals surface area (Å²) in [7, 11) is -2.48. The average Bonchev–Trinajstić information content (AvgIpc) is 3.01. The van der Waals surface area contributed by atoms with Gasteiger partial charge in [0.1, 0.15) is 0 Å². The lowest BCUT2D eigenvalue weighted by atomic mass is 10.1. The molecule has 0 fully saturated rings. The third kappa shape index (κ3) is 7.41. The Balaban J connectivity index is 2.51. The molecule has 0 unspecified atom stereocenters. The first-order chi connectivity index (χ1) is 10.3. The smallest absolute Gasteiger partial charge is 0.373 e. The molecule has 122 valence electrons. The van der Waals surface area contributed by atoms with E-state index >= 15 is 0 Å². The highest BCUT2D eigenvalue weighted by molar-refractivity contribution is 6.60. The molecule has 0 aromatic rings. The van der Waals surface area contributed by atoms with Crippen molar-refractivity contribution in [2.24, 2.45) is 5.92 Å². The minimum atomic E-state index is -2.48. The van der Waals surface area contributed by atoms with Crippen LogP contribution in [-0.2, 0) is 13.3 Å². The van der Waals surface area contributed by atoms with Gasteiger partial charge in [0.15, 0.2) is 0 Å². The lowest BCUT2D eigenvalue weighted by Crippen LogP contribution is -2.46. The first-order valence-electron chi connectivity index (χ1n) is 8.53. The van der Waals surface area contributed by atoms with Gasteiger partial charge in [0, 0.05) is 25.9 Å². The van der Waals surface area contributed by atoms with Crippen molar-refractivity contribution in [1.29, 1.82) is 0 Å². The van der Waals surface area contributed by atoms with Crippen molar-refractivity contribution in [1.82, 2.24) is 0 Å². The summed E-state index contributed by atoms with van der Waals surface area (Å²) in [4.78, 5) is 0. The summed E-state index contributed by atoms with van der Waals surface area (Å²) in [5.41, 5.74) is 0. The molecule has 0 amide bonds. The van der Waals surface area contributed by atoms with Gasteiger partial charge in [0.2, 0.25) is 0 Å². The zero-order valence-electron chi connectivity index (χ0n) is 14.0. The van der Waals surface area contributed by atoms with E-state index < -0.39 is 8.80 Å². The van der Waals surface area contributed by atoms with Crippen LogP contribution in [0.3, 0.4) is 0 Å². The summed E-state index contributed by atoms with van der Waals surface area (Å²) in [5.74, 6) is 0.584. The van der Waals surface area contributed by atoms with Gasteiger partial charge in [0.05, 0.1) is 0 Å². The monoisotopic (exact) mass is 312 g/mol. The van der Waals surface area contributed by atoms with E-state index in [4.69, 9.17) is 13.3 Å². The summed E-state index contributed by atoms with van der Waals surface area (Å²) in [6.45, 7) is 8.61. The summed E-state index contributed by atoms with van der Waals surface area (Å²) >= 11 is 0. The Morgan fingerprint density at radius 1 is 0.810 bits per heavy atom. The fraction of sp³-hybridized carbons (Fsp3) is 0.765. The van der Waals surface area contributed by atoms with Crippen molar-refractivity contribution in [3.8, 4) is 0 Å². The predicted octanol–water partition coefficient (Wildman–Crippen LogP) is 4.73. The van der Waals surface area contributed by atoms with Gasteiger partial charge in [-0.05, 0) is 38.0 Å². The molecule has 0 saturated carbocycles. The molecule has 1 aliphatic carbocycles. The SMILES string of the molecule is CCCO[Si](CCCC1C=CC=C1)(OCCC)OCCC. The minimum absolute atomic E-state index is 0.584. The zero-order valence-corrected chi connectivity index (χ0v) is 15.0. The summed E-state index contributed by atoms with van der Waals surface area (Å²) in [6, 6.07) is 0.936.